The average Bonchev–Trinajstić information content (AvgIpc) is 3.62. The molecule has 3 N–H and O–H groups in total. The van der Waals surface area contributed by atoms with Gasteiger partial charge >= 0.3 is 0 Å². The van der Waals surface area contributed by atoms with Crippen molar-refractivity contribution in [1.29, 1.82) is 0 Å². The van der Waals surface area contributed by atoms with Gasteiger partial charge in [-0.25, -0.2) is 9.97 Å². The quantitative estimate of drug-likeness (QED) is 0.221. The molecule has 0 radical (unpaired) electrons. The molecule has 0 saturated heterocycles. The van der Waals surface area contributed by atoms with Crippen LogP contribution in [0.2, 0.25) is 0 Å². The second kappa shape index (κ2) is 13.1. The number of fused-ring (bicyclic) bond motifs is 1. The molecule has 2 heterocycles. The highest BCUT2D eigenvalue weighted by Gasteiger charge is 2.21. The lowest BCUT2D eigenvalue weighted by Gasteiger charge is -2.27. The van der Waals surface area contributed by atoms with Gasteiger partial charge in [0.25, 0.3) is 0 Å². The van der Waals surface area contributed by atoms with Crippen LogP contribution in [0.25, 0.3) is 11.2 Å². The van der Waals surface area contributed by atoms with Crippen LogP contribution in [0, 0.1) is 12.8 Å². The number of allylic oxidation sites excluding steroid dienone is 1. The van der Waals surface area contributed by atoms with Crippen molar-refractivity contribution < 1.29 is 0 Å². The molecular weight excluding hydrogens is 478 g/mol. The van der Waals surface area contributed by atoms with E-state index >= 15 is 0 Å². The second-order valence-electron chi connectivity index (χ2n) is 9.86. The van der Waals surface area contributed by atoms with Crippen LogP contribution in [0.5, 0.6) is 0 Å². The van der Waals surface area contributed by atoms with E-state index in [-0.39, 0.29) is 6.04 Å². The van der Waals surface area contributed by atoms with E-state index in [1.807, 2.05) is 20.8 Å². The predicted octanol–water partition coefficient (Wildman–Crippen LogP) is 7.88. The lowest BCUT2D eigenvalue weighted by molar-refractivity contribution is 0.358. The van der Waals surface area contributed by atoms with Crippen molar-refractivity contribution in [3.05, 3.63) is 47.4 Å². The van der Waals surface area contributed by atoms with Crippen molar-refractivity contribution >= 4 is 46.0 Å². The molecule has 1 unspecified atom stereocenters. The first kappa shape index (κ1) is 28.7. The molecule has 1 atom stereocenters. The summed E-state index contributed by atoms with van der Waals surface area (Å²) in [5.41, 5.74) is 7.37. The Morgan fingerprint density at radius 2 is 1.89 bits per heavy atom. The number of pyridine rings is 1. The maximum atomic E-state index is 4.75. The van der Waals surface area contributed by atoms with Gasteiger partial charge in [-0.3, -0.25) is 0 Å². The van der Waals surface area contributed by atoms with E-state index < -0.39 is 0 Å². The molecule has 2 aromatic heterocycles. The van der Waals surface area contributed by atoms with E-state index in [1.165, 1.54) is 30.4 Å². The van der Waals surface area contributed by atoms with Gasteiger partial charge in [-0.05, 0) is 63.9 Å². The number of imidazole rings is 1. The molecule has 1 fully saturated rings. The molecule has 0 amide bonds. The molecule has 3 aromatic rings. The number of rotatable bonds is 11. The maximum Gasteiger partial charge on any atom is 0.181 e. The summed E-state index contributed by atoms with van der Waals surface area (Å²) in [6.07, 6.45) is 8.22. The highest BCUT2D eigenvalue weighted by Crippen LogP contribution is 2.37. The molecule has 4 rings (SSSR count). The van der Waals surface area contributed by atoms with Crippen LogP contribution < -0.4 is 14.9 Å². The Kier molecular flexibility index (Phi) is 10.1. The molecule has 0 spiro atoms. The molecule has 1 aromatic carbocycles. The lowest BCUT2D eigenvalue weighted by atomic mass is 10.1. The third-order valence-corrected chi connectivity index (χ3v) is 7.34. The number of H-pyrrole nitrogens is 1. The molecule has 37 heavy (non-hydrogen) atoms. The van der Waals surface area contributed by atoms with Gasteiger partial charge in [0.05, 0.1) is 23.1 Å². The van der Waals surface area contributed by atoms with Crippen molar-refractivity contribution in [2.24, 2.45) is 5.92 Å². The smallest absolute Gasteiger partial charge is 0.181 e. The van der Waals surface area contributed by atoms with E-state index in [2.05, 4.69) is 101 Å². The van der Waals surface area contributed by atoms with Gasteiger partial charge in [0.2, 0.25) is 0 Å². The molecular formula is C29H45N7S. The van der Waals surface area contributed by atoms with Crippen molar-refractivity contribution in [2.45, 2.75) is 66.8 Å². The van der Waals surface area contributed by atoms with Crippen LogP contribution in [0.4, 0.5) is 22.9 Å². The standard InChI is InChI=1S/C27H39N7S.C2H6/c1-17(2)16-33(5)18(3)21-10-11-22(24(14-21)34(6)35-7)31-23-15-25(28-13-12-20-8-9-20)32-27-26(23)29-19(4)30-27;1-2/h10-11,14-16,18,20H,8-9,12-13H2,1-7H3,(H3,28,29,30,31,32);1-2H3. The number of nitrogens with one attached hydrogen (secondary N) is 3. The number of benzene rings is 1. The first-order chi connectivity index (χ1) is 17.7. The molecule has 0 aliphatic heterocycles. The second-order valence-corrected chi connectivity index (χ2v) is 10.8. The van der Waals surface area contributed by atoms with Gasteiger partial charge in [-0.1, -0.05) is 50.3 Å². The summed E-state index contributed by atoms with van der Waals surface area (Å²) in [5.74, 6) is 2.61. The number of nitrogens with zero attached hydrogens (tertiary/aromatic N) is 4. The fourth-order valence-electron chi connectivity index (χ4n) is 4.28. The van der Waals surface area contributed by atoms with Crippen molar-refractivity contribution in [2.75, 3.05) is 41.8 Å². The number of anilines is 4. The molecule has 7 nitrogen and oxygen atoms in total. The Balaban J connectivity index is 0.00000186. The van der Waals surface area contributed by atoms with Crippen molar-refractivity contribution in [1.82, 2.24) is 19.9 Å². The fraction of sp³-hybridized carbons (Fsp3) is 0.517. The van der Waals surface area contributed by atoms with Gasteiger partial charge in [0.15, 0.2) is 5.65 Å². The summed E-state index contributed by atoms with van der Waals surface area (Å²) < 4.78 is 2.20. The minimum Gasteiger partial charge on any atom is -0.374 e. The average molecular weight is 524 g/mol. The lowest BCUT2D eigenvalue weighted by Crippen LogP contribution is -2.17. The normalized spacial score (nSPS) is 13.4. The predicted molar refractivity (Wildman–Crippen MR) is 163 cm³/mol. The number of aryl methyl sites for hydroxylation is 1. The van der Waals surface area contributed by atoms with Crippen LogP contribution in [0.3, 0.4) is 0 Å². The number of hydrogen-bond donors (Lipinski definition) is 3. The summed E-state index contributed by atoms with van der Waals surface area (Å²) in [5, 5.41) is 7.21. The topological polar surface area (TPSA) is 72.1 Å². The first-order valence-corrected chi connectivity index (χ1v) is 14.6. The van der Waals surface area contributed by atoms with Gasteiger partial charge < -0.3 is 24.8 Å². The third-order valence-electron chi connectivity index (χ3n) is 6.59. The van der Waals surface area contributed by atoms with E-state index in [9.17, 15) is 0 Å². The summed E-state index contributed by atoms with van der Waals surface area (Å²) >= 11 is 1.70. The molecule has 202 valence electrons. The molecule has 8 heteroatoms. The molecule has 1 aliphatic rings. The zero-order valence-corrected chi connectivity index (χ0v) is 24.9. The summed E-state index contributed by atoms with van der Waals surface area (Å²) in [7, 11) is 4.24. The molecule has 1 aliphatic carbocycles. The number of hydrogen-bond acceptors (Lipinski definition) is 7. The molecule has 1 saturated carbocycles. The van der Waals surface area contributed by atoms with Gasteiger partial charge in [0, 0.05) is 33.0 Å². The van der Waals surface area contributed by atoms with Gasteiger partial charge in [-0.2, -0.15) is 0 Å². The number of aromatic nitrogens is 3. The van der Waals surface area contributed by atoms with Crippen LogP contribution in [0.15, 0.2) is 36.0 Å². The Labute approximate surface area is 227 Å². The van der Waals surface area contributed by atoms with Crippen LogP contribution in [-0.4, -0.2) is 46.7 Å². The minimum atomic E-state index is 0.262. The largest absolute Gasteiger partial charge is 0.374 e. The summed E-state index contributed by atoms with van der Waals surface area (Å²) in [6, 6.07) is 9.03. The Bertz CT molecular complexity index is 1190. The van der Waals surface area contributed by atoms with Crippen LogP contribution >= 0.6 is 11.9 Å². The van der Waals surface area contributed by atoms with Crippen LogP contribution in [-0.2, 0) is 0 Å². The van der Waals surface area contributed by atoms with E-state index in [1.54, 1.807) is 11.9 Å². The van der Waals surface area contributed by atoms with E-state index in [0.29, 0.717) is 0 Å². The minimum absolute atomic E-state index is 0.262. The highest BCUT2D eigenvalue weighted by atomic mass is 32.2. The summed E-state index contributed by atoms with van der Waals surface area (Å²) in [4.78, 5) is 15.0. The van der Waals surface area contributed by atoms with Crippen molar-refractivity contribution in [3.63, 3.8) is 0 Å². The third kappa shape index (κ3) is 7.57. The monoisotopic (exact) mass is 523 g/mol. The zero-order chi connectivity index (χ0) is 27.1. The van der Waals surface area contributed by atoms with Crippen LogP contribution in [0.1, 0.15) is 71.3 Å². The van der Waals surface area contributed by atoms with E-state index in [4.69, 9.17) is 4.98 Å². The zero-order valence-electron chi connectivity index (χ0n) is 24.1. The highest BCUT2D eigenvalue weighted by molar-refractivity contribution is 7.99. The molecule has 0 bridgehead atoms. The van der Waals surface area contributed by atoms with Gasteiger partial charge in [-0.15, -0.1) is 0 Å². The van der Waals surface area contributed by atoms with E-state index in [0.717, 1.165) is 52.3 Å². The summed E-state index contributed by atoms with van der Waals surface area (Å²) in [6.45, 7) is 13.4. The first-order valence-electron chi connectivity index (χ1n) is 13.4. The maximum absolute atomic E-state index is 4.75. The van der Waals surface area contributed by atoms with Gasteiger partial charge in [0.1, 0.15) is 17.2 Å². The Morgan fingerprint density at radius 1 is 1.16 bits per heavy atom. The number of aromatic amines is 1. The van der Waals surface area contributed by atoms with Crippen molar-refractivity contribution in [3.8, 4) is 0 Å². The Morgan fingerprint density at radius 3 is 2.54 bits per heavy atom. The SMILES string of the molecule is CC.CSN(C)c1cc(C(C)N(C)C=C(C)C)ccc1Nc1cc(NCCC2CC2)nc2nc(C)[nH]c12. The Hall–Kier alpha value is -2.87. The fourth-order valence-corrected chi connectivity index (χ4v) is 4.62.